The molecule has 0 aromatic carbocycles. The molecule has 0 bridgehead atoms. The van der Waals surface area contributed by atoms with Crippen LogP contribution in [0.1, 0.15) is 0 Å². The molecule has 0 fully saturated rings. The first-order chi connectivity index (χ1) is 2.00. The molecule has 0 radical (unpaired) electrons. The van der Waals surface area contributed by atoms with Crippen LogP contribution in [-0.2, 0) is 7.84 Å². The van der Waals surface area contributed by atoms with Crippen molar-refractivity contribution in [3.63, 3.8) is 0 Å². The fraction of sp³-hybridized carbons (Fsp3) is 0. The number of halogens is 4. The summed E-state index contributed by atoms with van der Waals surface area (Å²) >= 11 is 13.3. The summed E-state index contributed by atoms with van der Waals surface area (Å²) < 4.78 is 0. The van der Waals surface area contributed by atoms with Crippen LogP contribution in [0.25, 0.3) is 0 Å². The van der Waals surface area contributed by atoms with E-state index < -0.39 is 7.84 Å². The average Bonchev–Trinajstić information content (AvgIpc) is 0.722. The molecule has 0 aliphatic carbocycles. The van der Waals surface area contributed by atoms with Gasteiger partial charge in [0.2, 0.25) is 0 Å². The van der Waals surface area contributed by atoms with Crippen molar-refractivity contribution in [2.75, 3.05) is 0 Å². The van der Waals surface area contributed by atoms with Gasteiger partial charge in [-0.3, -0.25) is 0 Å². The van der Waals surface area contributed by atoms with E-state index in [2.05, 4.69) is 53.2 Å². The molecule has 0 spiro atoms. The molecule has 0 aromatic heterocycles. The van der Waals surface area contributed by atoms with E-state index in [0.717, 1.165) is 0 Å². The van der Waals surface area contributed by atoms with E-state index in [1.807, 2.05) is 0 Å². The van der Waals surface area contributed by atoms with Crippen LogP contribution >= 0.6 is 53.2 Å². The number of rotatable bonds is 0. The molecule has 0 saturated carbocycles. The van der Waals surface area contributed by atoms with Crippen LogP contribution < -0.4 is 0 Å². The molecule has 0 aromatic rings. The Morgan fingerprint density at radius 3 is 0.500 bits per heavy atom. The first kappa shape index (κ1) is 39.3. The molecule has 0 aliphatic rings. The van der Waals surface area contributed by atoms with Gasteiger partial charge >= 0.3 is 61.0 Å². The fourth-order valence-electron chi connectivity index (χ4n) is 0. The average molecular weight is 594 g/mol. The number of hydrogen-bond donors (Lipinski definition) is 0. The molecule has 0 atom stereocenters. The second-order valence-corrected chi connectivity index (χ2v) is 77.3. The molecule has 0 rings (SSSR count). The molecule has 0 heterocycles. The molecular formula is H10Br4O5W. The van der Waals surface area contributed by atoms with Gasteiger partial charge in [0.25, 0.3) is 0 Å². The SMILES string of the molecule is O.O.O.O.O.[Br][W]([Br])([Br])[Br]. The van der Waals surface area contributed by atoms with E-state index in [0.29, 0.717) is 0 Å². The van der Waals surface area contributed by atoms with E-state index >= 15 is 0 Å². The second kappa shape index (κ2) is 17.5. The zero-order valence-corrected chi connectivity index (χ0v) is 13.7. The maximum atomic E-state index is 3.33. The zero-order chi connectivity index (χ0) is 4.50. The van der Waals surface area contributed by atoms with E-state index in [1.165, 1.54) is 0 Å². The van der Waals surface area contributed by atoms with Crippen LogP contribution in [0.3, 0.4) is 0 Å². The van der Waals surface area contributed by atoms with Crippen LogP contribution in [0.5, 0.6) is 0 Å². The monoisotopic (exact) mass is 590 g/mol. The fourth-order valence-corrected chi connectivity index (χ4v) is 0. The van der Waals surface area contributed by atoms with Crippen LogP contribution in [0, 0.1) is 0 Å². The van der Waals surface area contributed by atoms with Crippen molar-refractivity contribution < 1.29 is 35.2 Å². The molecule has 0 aliphatic heterocycles. The third-order valence-electron chi connectivity index (χ3n) is 0. The van der Waals surface area contributed by atoms with Crippen LogP contribution in [-0.4, -0.2) is 27.4 Å². The van der Waals surface area contributed by atoms with Gasteiger partial charge in [0.15, 0.2) is 0 Å². The predicted octanol–water partition coefficient (Wildman–Crippen LogP) is -0.744. The standard InChI is InChI=1S/4BrH.5H2O.W/h4*1H;5*1H2;/q;;;;;;;;;+4/p-4. The van der Waals surface area contributed by atoms with E-state index in [-0.39, 0.29) is 27.4 Å². The van der Waals surface area contributed by atoms with Crippen molar-refractivity contribution in [3.8, 4) is 0 Å². The molecule has 10 N–H and O–H groups in total. The van der Waals surface area contributed by atoms with Crippen molar-refractivity contribution in [3.05, 3.63) is 0 Å². The Kier molecular flexibility index (Phi) is 68.7. The van der Waals surface area contributed by atoms with E-state index in [4.69, 9.17) is 0 Å². The molecule has 0 saturated heterocycles. The van der Waals surface area contributed by atoms with Gasteiger partial charge < -0.3 is 27.4 Å². The van der Waals surface area contributed by atoms with Crippen LogP contribution in [0.2, 0.25) is 0 Å². The predicted molar refractivity (Wildman–Crippen MR) is 53.8 cm³/mol. The zero-order valence-electron chi connectivity index (χ0n) is 4.42. The summed E-state index contributed by atoms with van der Waals surface area (Å²) in [5.74, 6) is 0. The van der Waals surface area contributed by atoms with Crippen molar-refractivity contribution in [1.29, 1.82) is 0 Å². The summed E-state index contributed by atoms with van der Waals surface area (Å²) in [5.41, 5.74) is 0. The van der Waals surface area contributed by atoms with Crippen LogP contribution in [0.15, 0.2) is 0 Å². The van der Waals surface area contributed by atoms with Gasteiger partial charge in [-0.25, -0.2) is 0 Å². The summed E-state index contributed by atoms with van der Waals surface area (Å²) in [6.07, 6.45) is 0. The van der Waals surface area contributed by atoms with Crippen molar-refractivity contribution in [2.45, 2.75) is 0 Å². The maximum absolute atomic E-state index is 3.33. The van der Waals surface area contributed by atoms with Gasteiger partial charge in [0.05, 0.1) is 0 Å². The Morgan fingerprint density at radius 1 is 0.500 bits per heavy atom. The van der Waals surface area contributed by atoms with E-state index in [9.17, 15) is 0 Å². The van der Waals surface area contributed by atoms with Gasteiger partial charge in [-0.2, -0.15) is 0 Å². The minimum absolute atomic E-state index is 0. The summed E-state index contributed by atoms with van der Waals surface area (Å²) in [5, 5.41) is 0. The van der Waals surface area contributed by atoms with Gasteiger partial charge in [0, 0.05) is 0 Å². The molecule has 0 amide bonds. The third kappa shape index (κ3) is 159. The third-order valence-corrected chi connectivity index (χ3v) is 0. The summed E-state index contributed by atoms with van der Waals surface area (Å²) in [4.78, 5) is 0. The quantitative estimate of drug-likeness (QED) is 0.347. The Labute approximate surface area is 87.2 Å². The Morgan fingerprint density at radius 2 is 0.500 bits per heavy atom. The molecule has 74 valence electrons. The van der Waals surface area contributed by atoms with Gasteiger partial charge in [-0.1, -0.05) is 0 Å². The van der Waals surface area contributed by atoms with E-state index in [1.54, 1.807) is 0 Å². The molecule has 10 heavy (non-hydrogen) atoms. The summed E-state index contributed by atoms with van der Waals surface area (Å²) in [7, 11) is -1.92. The molecule has 5 nitrogen and oxygen atoms in total. The van der Waals surface area contributed by atoms with Crippen molar-refractivity contribution in [1.82, 2.24) is 0 Å². The first-order valence-electron chi connectivity index (χ1n) is 0.617. The summed E-state index contributed by atoms with van der Waals surface area (Å²) in [6.45, 7) is 0. The first-order valence-corrected chi connectivity index (χ1v) is 26.3. The molecular weight excluding hydrogens is 583 g/mol. The second-order valence-electron chi connectivity index (χ2n) is 0.350. The van der Waals surface area contributed by atoms with Crippen molar-refractivity contribution in [2.24, 2.45) is 0 Å². The normalized spacial score (nSPS) is 7.60. The van der Waals surface area contributed by atoms with Gasteiger partial charge in [-0.15, -0.1) is 0 Å². The van der Waals surface area contributed by atoms with Gasteiger partial charge in [-0.05, 0) is 0 Å². The van der Waals surface area contributed by atoms with Crippen LogP contribution in [0.4, 0.5) is 0 Å². The Hall–Kier alpha value is 2.41. The minimum atomic E-state index is -1.92. The summed E-state index contributed by atoms with van der Waals surface area (Å²) in [6, 6.07) is 0. The Bertz CT molecular complexity index is 29.1. The molecule has 10 heteroatoms. The van der Waals surface area contributed by atoms with Crippen molar-refractivity contribution >= 4 is 53.2 Å². The Balaban J connectivity index is -0.00000000800. The molecule has 0 unspecified atom stereocenters. The topological polar surface area (TPSA) is 158 Å². The van der Waals surface area contributed by atoms with Gasteiger partial charge in [0.1, 0.15) is 0 Å². The number of hydrogen-bond acceptors (Lipinski definition) is 0.